The highest BCUT2D eigenvalue weighted by Gasteiger charge is 2.38. The Balaban J connectivity index is 2.06. The van der Waals surface area contributed by atoms with E-state index in [9.17, 15) is 25.0 Å². The molecule has 2 rings (SSSR count). The predicted octanol–water partition coefficient (Wildman–Crippen LogP) is 3.07. The number of allylic oxidation sites excluding steroid dienone is 1. The summed E-state index contributed by atoms with van der Waals surface area (Å²) in [4.78, 5) is 34.1. The third-order valence-electron chi connectivity index (χ3n) is 3.74. The van der Waals surface area contributed by atoms with Gasteiger partial charge in [-0.3, -0.25) is 25.0 Å². The van der Waals surface area contributed by atoms with Gasteiger partial charge in [0.05, 0.1) is 21.5 Å². The van der Waals surface area contributed by atoms with Gasteiger partial charge < -0.3 is 4.90 Å². The van der Waals surface area contributed by atoms with Gasteiger partial charge in [0.2, 0.25) is 0 Å². The second kappa shape index (κ2) is 6.99. The molecule has 122 valence electrons. The molecule has 1 saturated heterocycles. The molecule has 8 heteroatoms. The lowest BCUT2D eigenvalue weighted by Gasteiger charge is -2.05. The quantitative estimate of drug-likeness (QED) is 0.241. The summed E-state index contributed by atoms with van der Waals surface area (Å²) in [5, 5.41) is 21.7. The van der Waals surface area contributed by atoms with Crippen molar-refractivity contribution in [3.63, 3.8) is 0 Å². The van der Waals surface area contributed by atoms with Gasteiger partial charge >= 0.3 is 0 Å². The zero-order chi connectivity index (χ0) is 17.0. The first-order chi connectivity index (χ1) is 10.9. The van der Waals surface area contributed by atoms with Gasteiger partial charge in [-0.1, -0.05) is 12.5 Å². The minimum atomic E-state index is -0.737. The van der Waals surface area contributed by atoms with Gasteiger partial charge in [-0.25, -0.2) is 0 Å². The number of non-ortho nitro benzene ring substituents is 2. The summed E-state index contributed by atoms with van der Waals surface area (Å²) >= 11 is 0. The molecule has 1 aromatic carbocycles. The van der Waals surface area contributed by atoms with Crippen molar-refractivity contribution >= 4 is 17.3 Å². The fourth-order valence-electron chi connectivity index (χ4n) is 2.44. The lowest BCUT2D eigenvalue weighted by atomic mass is 10.1. The first kappa shape index (κ1) is 16.6. The molecule has 0 aromatic heterocycles. The Kier molecular flexibility index (Phi) is 5.05. The van der Waals surface area contributed by atoms with Crippen LogP contribution in [0, 0.1) is 20.2 Å². The average molecular weight is 319 g/mol. The molecule has 0 bridgehead atoms. The highest BCUT2D eigenvalue weighted by Crippen LogP contribution is 2.29. The molecule has 1 aliphatic rings. The number of nitro benzene ring substituents is 2. The molecule has 1 atom stereocenters. The number of nitro groups is 2. The van der Waals surface area contributed by atoms with Gasteiger partial charge in [-0.15, -0.1) is 6.58 Å². The van der Waals surface area contributed by atoms with Crippen molar-refractivity contribution in [1.29, 1.82) is 0 Å². The number of carbonyl (C=O) groups excluding carboxylic acids is 1. The van der Waals surface area contributed by atoms with Crippen LogP contribution in [0.3, 0.4) is 0 Å². The Morgan fingerprint density at radius 3 is 2.35 bits per heavy atom. The summed E-state index contributed by atoms with van der Waals surface area (Å²) in [7, 11) is 0. The second-order valence-electron chi connectivity index (χ2n) is 5.44. The molecule has 0 radical (unpaired) electrons. The highest BCUT2D eigenvalue weighted by atomic mass is 16.6. The van der Waals surface area contributed by atoms with E-state index < -0.39 is 27.1 Å². The Bertz CT molecular complexity index is 626. The van der Waals surface area contributed by atoms with Crippen LogP contribution in [-0.4, -0.2) is 33.2 Å². The number of unbranched alkanes of at least 4 members (excludes halogenated alkanes) is 2. The van der Waals surface area contributed by atoms with Crippen molar-refractivity contribution in [1.82, 2.24) is 4.90 Å². The van der Waals surface area contributed by atoms with Crippen LogP contribution >= 0.6 is 0 Å². The maximum atomic E-state index is 12.3. The van der Waals surface area contributed by atoms with Gasteiger partial charge in [-0.05, 0) is 19.3 Å². The fraction of sp³-hybridized carbons (Fsp3) is 0.400. The summed E-state index contributed by atoms with van der Waals surface area (Å²) < 4.78 is 0. The zero-order valence-corrected chi connectivity index (χ0v) is 12.5. The topological polar surface area (TPSA) is 106 Å². The molecule has 0 aliphatic carbocycles. The Labute approximate surface area is 132 Å². The molecule has 23 heavy (non-hydrogen) atoms. The van der Waals surface area contributed by atoms with E-state index in [1.807, 2.05) is 6.08 Å². The minimum absolute atomic E-state index is 0.0144. The largest absolute Gasteiger partial charge is 0.332 e. The molecular weight excluding hydrogens is 302 g/mol. The van der Waals surface area contributed by atoms with E-state index in [2.05, 4.69) is 6.58 Å². The molecule has 8 nitrogen and oxygen atoms in total. The monoisotopic (exact) mass is 319 g/mol. The first-order valence-electron chi connectivity index (χ1n) is 7.29. The highest BCUT2D eigenvalue weighted by molar-refractivity contribution is 5.97. The molecule has 1 heterocycles. The van der Waals surface area contributed by atoms with Crippen LogP contribution < -0.4 is 0 Å². The third kappa shape index (κ3) is 4.12. The van der Waals surface area contributed by atoms with Gasteiger partial charge in [0.1, 0.15) is 0 Å². The Hall–Kier alpha value is -2.77. The van der Waals surface area contributed by atoms with Crippen molar-refractivity contribution in [3.05, 3.63) is 56.6 Å². The lowest BCUT2D eigenvalue weighted by Crippen LogP contribution is -2.14. The summed E-state index contributed by atoms with van der Waals surface area (Å²) in [5.41, 5.74) is -0.918. The number of amides is 1. The fourth-order valence-corrected chi connectivity index (χ4v) is 2.44. The van der Waals surface area contributed by atoms with Crippen molar-refractivity contribution in [3.8, 4) is 0 Å². The predicted molar refractivity (Wildman–Crippen MR) is 83.2 cm³/mol. The molecule has 0 saturated carbocycles. The first-order valence-corrected chi connectivity index (χ1v) is 7.29. The van der Waals surface area contributed by atoms with Gasteiger partial charge in [0, 0.05) is 24.7 Å². The van der Waals surface area contributed by atoms with Crippen molar-refractivity contribution < 1.29 is 14.6 Å². The molecule has 1 fully saturated rings. The van der Waals surface area contributed by atoms with Crippen molar-refractivity contribution in [2.45, 2.75) is 31.7 Å². The smallest absolute Gasteiger partial charge is 0.277 e. The molecule has 0 spiro atoms. The SMILES string of the molecule is C=CCCCC[C@@H]1CN1C(=O)c1cc([N+](=O)[O-])cc([N+](=O)[O-])c1. The molecule has 0 unspecified atom stereocenters. The van der Waals surface area contributed by atoms with Crippen LogP contribution in [-0.2, 0) is 0 Å². The maximum absolute atomic E-state index is 12.3. The molecule has 1 aliphatic heterocycles. The van der Waals surface area contributed by atoms with E-state index in [0.717, 1.165) is 43.9 Å². The number of hydrogen-bond acceptors (Lipinski definition) is 5. The molecule has 1 aromatic rings. The number of hydrogen-bond donors (Lipinski definition) is 0. The van der Waals surface area contributed by atoms with Gasteiger partial charge in [0.25, 0.3) is 17.3 Å². The summed E-state index contributed by atoms with van der Waals surface area (Å²) in [6.07, 6.45) is 5.60. The van der Waals surface area contributed by atoms with Crippen LogP contribution in [0.25, 0.3) is 0 Å². The van der Waals surface area contributed by atoms with Crippen molar-refractivity contribution in [2.24, 2.45) is 0 Å². The summed E-state index contributed by atoms with van der Waals surface area (Å²) in [5.74, 6) is -0.398. The van der Waals surface area contributed by atoms with Crippen LogP contribution in [0.15, 0.2) is 30.9 Å². The minimum Gasteiger partial charge on any atom is -0.332 e. The molecule has 0 N–H and O–H groups in total. The van der Waals surface area contributed by atoms with Gasteiger partial charge in [-0.2, -0.15) is 0 Å². The van der Waals surface area contributed by atoms with E-state index in [1.165, 1.54) is 0 Å². The average Bonchev–Trinajstić information content (AvgIpc) is 3.29. The van der Waals surface area contributed by atoms with E-state index in [0.29, 0.717) is 6.54 Å². The van der Waals surface area contributed by atoms with Gasteiger partial charge in [0.15, 0.2) is 0 Å². The Morgan fingerprint density at radius 1 is 1.22 bits per heavy atom. The van der Waals surface area contributed by atoms with Crippen LogP contribution in [0.1, 0.15) is 36.0 Å². The third-order valence-corrected chi connectivity index (χ3v) is 3.74. The summed E-state index contributed by atoms with van der Waals surface area (Å²) in [6.45, 7) is 4.23. The zero-order valence-electron chi connectivity index (χ0n) is 12.5. The van der Waals surface area contributed by atoms with Crippen molar-refractivity contribution in [2.75, 3.05) is 6.54 Å². The normalized spacial score (nSPS) is 16.0. The number of nitrogens with zero attached hydrogens (tertiary/aromatic N) is 3. The van der Waals surface area contributed by atoms with E-state index in [4.69, 9.17) is 0 Å². The van der Waals surface area contributed by atoms with E-state index in [1.54, 1.807) is 4.90 Å². The lowest BCUT2D eigenvalue weighted by molar-refractivity contribution is -0.394. The van der Waals surface area contributed by atoms with E-state index in [-0.39, 0.29) is 11.6 Å². The Morgan fingerprint density at radius 2 is 1.83 bits per heavy atom. The van der Waals surface area contributed by atoms with E-state index >= 15 is 0 Å². The number of rotatable bonds is 8. The van der Waals surface area contributed by atoms with Crippen LogP contribution in [0.4, 0.5) is 11.4 Å². The molecular formula is C15H17N3O5. The van der Waals surface area contributed by atoms with Crippen LogP contribution in [0.2, 0.25) is 0 Å². The van der Waals surface area contributed by atoms with Crippen LogP contribution in [0.5, 0.6) is 0 Å². The standard InChI is InChI=1S/C15H17N3O5/c1-2-3-4-5-6-12-10-16(12)15(19)11-7-13(17(20)21)9-14(8-11)18(22)23/h2,7-9,12H,1,3-6,10H2/t12-,16?/m1/s1. The molecule has 1 amide bonds. The summed E-state index contributed by atoms with van der Waals surface area (Å²) in [6, 6.07) is 3.14. The maximum Gasteiger partial charge on any atom is 0.277 e. The number of benzene rings is 1. The second-order valence-corrected chi connectivity index (χ2v) is 5.44. The number of carbonyl (C=O) groups is 1.